The zero-order valence-electron chi connectivity index (χ0n) is 17.3. The van der Waals surface area contributed by atoms with Gasteiger partial charge in [-0.1, -0.05) is 30.3 Å². The fraction of sp³-hybridized carbons (Fsp3) is 0.217. The van der Waals surface area contributed by atoms with Gasteiger partial charge in [-0.15, -0.1) is 0 Å². The molecule has 1 unspecified atom stereocenters. The number of para-hydroxylation sites is 1. The molecule has 0 saturated heterocycles. The zero-order chi connectivity index (χ0) is 22.7. The minimum Gasteiger partial charge on any atom is -0.480 e. The number of carboxylic acids is 1. The average Bonchev–Trinajstić information content (AvgIpc) is 3.12. The van der Waals surface area contributed by atoms with Crippen LogP contribution in [0.15, 0.2) is 54.7 Å². The van der Waals surface area contributed by atoms with Crippen molar-refractivity contribution >= 4 is 23.5 Å². The number of halogens is 1. The van der Waals surface area contributed by atoms with E-state index in [4.69, 9.17) is 9.84 Å². The van der Waals surface area contributed by atoms with Gasteiger partial charge in [0, 0.05) is 17.9 Å². The highest BCUT2D eigenvalue weighted by molar-refractivity contribution is 5.97. The number of nitrogens with zero attached hydrogens (tertiary/aromatic N) is 3. The number of fused-ring (bicyclic) bond motifs is 1. The molecule has 0 spiro atoms. The van der Waals surface area contributed by atoms with E-state index in [1.165, 1.54) is 23.9 Å². The van der Waals surface area contributed by atoms with Crippen LogP contribution in [-0.4, -0.2) is 39.5 Å². The molecule has 4 rings (SSSR count). The molecular weight excluding hydrogens is 415 g/mol. The number of amides is 1. The molecule has 0 saturated carbocycles. The molecule has 8 nitrogen and oxygen atoms in total. The second-order valence-electron chi connectivity index (χ2n) is 7.43. The summed E-state index contributed by atoms with van der Waals surface area (Å²) < 4.78 is 19.0. The van der Waals surface area contributed by atoms with E-state index >= 15 is 0 Å². The maximum Gasteiger partial charge on any atom is 0.322 e. The van der Waals surface area contributed by atoms with Gasteiger partial charge in [0.2, 0.25) is 11.8 Å². The first-order chi connectivity index (χ1) is 15.4. The van der Waals surface area contributed by atoms with Gasteiger partial charge < -0.3 is 20.1 Å². The summed E-state index contributed by atoms with van der Waals surface area (Å²) in [5.74, 6) is -1.83. The van der Waals surface area contributed by atoms with E-state index in [-0.39, 0.29) is 29.9 Å². The van der Waals surface area contributed by atoms with Crippen LogP contribution in [0.3, 0.4) is 0 Å². The van der Waals surface area contributed by atoms with Crippen LogP contribution in [-0.2, 0) is 17.8 Å². The Morgan fingerprint density at radius 2 is 1.97 bits per heavy atom. The van der Waals surface area contributed by atoms with Gasteiger partial charge in [0.05, 0.1) is 0 Å². The number of aliphatic carboxylic acids is 1. The third-order valence-electron chi connectivity index (χ3n) is 5.10. The Hall–Kier alpha value is -4.01. The van der Waals surface area contributed by atoms with Gasteiger partial charge >= 0.3 is 5.97 Å². The molecule has 1 aliphatic heterocycles. The van der Waals surface area contributed by atoms with Gasteiger partial charge in [-0.05, 0) is 42.7 Å². The van der Waals surface area contributed by atoms with E-state index in [1.807, 2.05) is 29.2 Å². The van der Waals surface area contributed by atoms with Crippen molar-refractivity contribution in [3.8, 4) is 5.88 Å². The van der Waals surface area contributed by atoms with Crippen molar-refractivity contribution in [3.63, 3.8) is 0 Å². The van der Waals surface area contributed by atoms with Crippen molar-refractivity contribution in [2.75, 3.05) is 11.4 Å². The highest BCUT2D eigenvalue weighted by atomic mass is 19.1. The van der Waals surface area contributed by atoms with Crippen LogP contribution in [0.5, 0.6) is 5.88 Å². The average molecular weight is 436 g/mol. The van der Waals surface area contributed by atoms with Crippen molar-refractivity contribution in [1.29, 1.82) is 0 Å². The van der Waals surface area contributed by atoms with Crippen LogP contribution >= 0.6 is 0 Å². The molecule has 1 amide bonds. The topological polar surface area (TPSA) is 105 Å². The molecule has 1 aromatic heterocycles. The van der Waals surface area contributed by atoms with Crippen LogP contribution in [0.4, 0.5) is 16.0 Å². The van der Waals surface area contributed by atoms with Crippen LogP contribution < -0.4 is 15.0 Å². The predicted molar refractivity (Wildman–Crippen MR) is 114 cm³/mol. The predicted octanol–water partition coefficient (Wildman–Crippen LogP) is 3.09. The maximum atomic E-state index is 13.2. The monoisotopic (exact) mass is 436 g/mol. The smallest absolute Gasteiger partial charge is 0.322 e. The molecule has 0 radical (unpaired) electrons. The second-order valence-corrected chi connectivity index (χ2v) is 7.43. The van der Waals surface area contributed by atoms with E-state index in [1.54, 1.807) is 12.1 Å². The zero-order valence-corrected chi connectivity index (χ0v) is 17.3. The van der Waals surface area contributed by atoms with E-state index < -0.39 is 18.4 Å². The molecule has 9 heteroatoms. The highest BCUT2D eigenvalue weighted by Crippen LogP contribution is 2.37. The Kier molecular flexibility index (Phi) is 5.98. The molecule has 0 fully saturated rings. The molecule has 164 valence electrons. The molecule has 1 atom stereocenters. The molecule has 2 heterocycles. The van der Waals surface area contributed by atoms with E-state index in [2.05, 4.69) is 22.2 Å². The number of ether oxygens (including phenoxy) is 1. The third-order valence-corrected chi connectivity index (χ3v) is 5.10. The van der Waals surface area contributed by atoms with Crippen LogP contribution in [0, 0.1) is 5.82 Å². The molecule has 32 heavy (non-hydrogen) atoms. The van der Waals surface area contributed by atoms with Crippen LogP contribution in [0.1, 0.15) is 28.4 Å². The fourth-order valence-electron chi connectivity index (χ4n) is 3.59. The quantitative estimate of drug-likeness (QED) is 0.586. The summed E-state index contributed by atoms with van der Waals surface area (Å²) in [6.07, 6.45) is 2.15. The second kappa shape index (κ2) is 9.01. The minimum absolute atomic E-state index is 0.0113. The summed E-state index contributed by atoms with van der Waals surface area (Å²) in [5, 5.41) is 11.1. The van der Waals surface area contributed by atoms with Gasteiger partial charge in [-0.25, -0.2) is 9.37 Å². The van der Waals surface area contributed by atoms with E-state index in [9.17, 15) is 14.0 Å². The number of aromatic nitrogens is 2. The van der Waals surface area contributed by atoms with Crippen molar-refractivity contribution in [2.24, 2.45) is 0 Å². The van der Waals surface area contributed by atoms with Crippen molar-refractivity contribution in [3.05, 3.63) is 77.2 Å². The number of hydrogen-bond acceptors (Lipinski definition) is 6. The first-order valence-electron chi connectivity index (χ1n) is 10.0. The Morgan fingerprint density at radius 1 is 1.22 bits per heavy atom. The summed E-state index contributed by atoms with van der Waals surface area (Å²) in [6.45, 7) is 1.55. The molecular formula is C23H21FN4O4. The fourth-order valence-corrected chi connectivity index (χ4v) is 3.59. The number of benzene rings is 2. The molecule has 2 N–H and O–H groups in total. The summed E-state index contributed by atoms with van der Waals surface area (Å²) >= 11 is 0. The Labute approximate surface area is 183 Å². The van der Waals surface area contributed by atoms with Gasteiger partial charge in [0.15, 0.2) is 0 Å². The minimum atomic E-state index is -1.17. The third kappa shape index (κ3) is 4.51. The molecule has 1 aliphatic rings. The van der Waals surface area contributed by atoms with Gasteiger partial charge in [0.1, 0.15) is 24.5 Å². The highest BCUT2D eigenvalue weighted by Gasteiger charge is 2.30. The Morgan fingerprint density at radius 3 is 2.72 bits per heavy atom. The lowest BCUT2D eigenvalue weighted by molar-refractivity contribution is -0.135. The normalized spacial score (nSPS) is 14.7. The molecule has 3 aromatic rings. The lowest BCUT2D eigenvalue weighted by Gasteiger charge is -2.23. The van der Waals surface area contributed by atoms with E-state index in [0.717, 1.165) is 12.1 Å². The molecule has 2 aromatic carbocycles. The number of carbonyl (C=O) groups excluding carboxylic acids is 1. The number of anilines is 2. The standard InChI is InChI=1S/C23H21FN4O4/c1-14-10-16-4-2-3-5-19(16)28(14)23-26-11-18(21(31)25-12-20(29)30)22(27-23)32-13-15-6-8-17(24)9-7-15/h2-9,11,14H,10,12-13H2,1H3,(H,25,31)(H,29,30). The number of hydrogen-bond donors (Lipinski definition) is 2. The van der Waals surface area contributed by atoms with Crippen LogP contribution in [0.2, 0.25) is 0 Å². The van der Waals surface area contributed by atoms with Crippen molar-refractivity contribution in [1.82, 2.24) is 15.3 Å². The van der Waals surface area contributed by atoms with Gasteiger partial charge in [-0.2, -0.15) is 4.98 Å². The first-order valence-corrected chi connectivity index (χ1v) is 10.0. The number of rotatable bonds is 7. The Balaban J connectivity index is 1.66. The lowest BCUT2D eigenvalue weighted by atomic mass is 10.1. The summed E-state index contributed by atoms with van der Waals surface area (Å²) in [4.78, 5) is 34.2. The maximum absolute atomic E-state index is 13.2. The molecule has 0 bridgehead atoms. The van der Waals surface area contributed by atoms with E-state index in [0.29, 0.717) is 11.5 Å². The largest absolute Gasteiger partial charge is 0.480 e. The SMILES string of the molecule is CC1Cc2ccccc2N1c1ncc(C(=O)NCC(=O)O)c(OCc2ccc(F)cc2)n1. The summed E-state index contributed by atoms with van der Waals surface area (Å²) in [5.41, 5.74) is 2.84. The van der Waals surface area contributed by atoms with Gasteiger partial charge in [-0.3, -0.25) is 9.59 Å². The number of carboxylic acid groups (broad SMARTS) is 1. The number of nitrogens with one attached hydrogen (secondary N) is 1. The lowest BCUT2D eigenvalue weighted by Crippen LogP contribution is -2.31. The van der Waals surface area contributed by atoms with Crippen molar-refractivity contribution < 1.29 is 23.8 Å². The van der Waals surface area contributed by atoms with Crippen molar-refractivity contribution in [2.45, 2.75) is 26.0 Å². The van der Waals surface area contributed by atoms with Crippen LogP contribution in [0.25, 0.3) is 0 Å². The van der Waals surface area contributed by atoms with Gasteiger partial charge in [0.25, 0.3) is 5.91 Å². The molecule has 0 aliphatic carbocycles. The summed E-state index contributed by atoms with van der Waals surface area (Å²) in [7, 11) is 0. The number of carbonyl (C=O) groups is 2. The summed E-state index contributed by atoms with van der Waals surface area (Å²) in [6, 6.07) is 13.8. The Bertz CT molecular complexity index is 1150. The first kappa shape index (κ1) is 21.2.